The summed E-state index contributed by atoms with van der Waals surface area (Å²) in [6.07, 6.45) is 0. The summed E-state index contributed by atoms with van der Waals surface area (Å²) in [7, 11) is 0. The lowest BCUT2D eigenvalue weighted by molar-refractivity contribution is 0.535. The van der Waals surface area contributed by atoms with E-state index in [1.807, 2.05) is 0 Å². The lowest BCUT2D eigenvalue weighted by atomic mass is 10.3. The number of halogens is 5. The Morgan fingerprint density at radius 2 is 1.83 bits per heavy atom. The molecule has 0 radical (unpaired) electrons. The topological polar surface area (TPSA) is 12.9 Å². The molecule has 66 valence electrons. The van der Waals surface area contributed by atoms with Gasteiger partial charge in [-0.1, -0.05) is 23.2 Å². The quantitative estimate of drug-likeness (QED) is 0.534. The van der Waals surface area contributed by atoms with Crippen molar-refractivity contribution in [1.82, 2.24) is 4.98 Å². The highest BCUT2D eigenvalue weighted by Gasteiger charge is 2.16. The molecule has 0 atom stereocenters. The second kappa shape index (κ2) is 3.73. The molecule has 0 amide bonds. The molecule has 0 unspecified atom stereocenters. The summed E-state index contributed by atoms with van der Waals surface area (Å²) in [4.78, 5) is 3.15. The number of pyridine rings is 1. The van der Waals surface area contributed by atoms with Crippen molar-refractivity contribution in [1.29, 1.82) is 0 Å². The maximum atomic E-state index is 12.9. The first kappa shape index (κ1) is 9.96. The fourth-order valence-electron chi connectivity index (χ4n) is 0.630. The molecule has 1 aromatic rings. The Kier molecular flexibility index (Phi) is 3.09. The van der Waals surface area contributed by atoms with Gasteiger partial charge in [0.2, 0.25) is 5.95 Å². The van der Waals surface area contributed by atoms with E-state index in [4.69, 9.17) is 34.8 Å². The van der Waals surface area contributed by atoms with Gasteiger partial charge in [0.05, 0.1) is 11.4 Å². The first-order valence-electron chi connectivity index (χ1n) is 2.82. The van der Waals surface area contributed by atoms with Crippen LogP contribution in [0.1, 0.15) is 5.56 Å². The maximum absolute atomic E-state index is 12.9. The van der Waals surface area contributed by atoms with Gasteiger partial charge in [-0.2, -0.15) is 4.39 Å². The van der Waals surface area contributed by atoms with Crippen molar-refractivity contribution in [2.45, 2.75) is 5.88 Å². The van der Waals surface area contributed by atoms with E-state index in [1.165, 1.54) is 0 Å². The normalized spacial score (nSPS) is 10.4. The molecule has 1 aromatic heterocycles. The van der Waals surface area contributed by atoms with Crippen LogP contribution in [0.4, 0.5) is 8.78 Å². The highest BCUT2D eigenvalue weighted by atomic mass is 35.5. The molecule has 1 nitrogen and oxygen atoms in total. The van der Waals surface area contributed by atoms with Gasteiger partial charge >= 0.3 is 0 Å². The van der Waals surface area contributed by atoms with Gasteiger partial charge in [0.25, 0.3) is 0 Å². The molecule has 6 heteroatoms. The predicted molar refractivity (Wildman–Crippen MR) is 43.7 cm³/mol. The zero-order valence-electron chi connectivity index (χ0n) is 5.54. The molecule has 0 aromatic carbocycles. The SMILES string of the molecule is Fc1nc(Cl)c(Cl)c(F)c1CCl. The second-order valence-corrected chi connectivity index (χ2v) is 2.94. The summed E-state index contributed by atoms with van der Waals surface area (Å²) >= 11 is 15.9. The minimum absolute atomic E-state index is 0.332. The zero-order valence-corrected chi connectivity index (χ0v) is 7.81. The highest BCUT2D eigenvalue weighted by molar-refractivity contribution is 6.41. The van der Waals surface area contributed by atoms with Gasteiger partial charge in [-0.15, -0.1) is 11.6 Å². The smallest absolute Gasteiger partial charge is 0.206 e. The van der Waals surface area contributed by atoms with E-state index in [0.717, 1.165) is 0 Å². The van der Waals surface area contributed by atoms with Crippen LogP contribution in [0.15, 0.2) is 0 Å². The van der Waals surface area contributed by atoms with Crippen molar-refractivity contribution in [2.24, 2.45) is 0 Å². The number of rotatable bonds is 1. The van der Waals surface area contributed by atoms with Gasteiger partial charge in [-0.25, -0.2) is 9.37 Å². The van der Waals surface area contributed by atoms with Crippen LogP contribution in [-0.2, 0) is 5.88 Å². The number of alkyl halides is 1. The van der Waals surface area contributed by atoms with Gasteiger partial charge < -0.3 is 0 Å². The summed E-state index contributed by atoms with van der Waals surface area (Å²) in [5, 5.41) is -0.811. The number of hydrogen-bond acceptors (Lipinski definition) is 1. The van der Waals surface area contributed by atoms with E-state index in [-0.39, 0.29) is 11.4 Å². The van der Waals surface area contributed by atoms with Crippen LogP contribution in [0.3, 0.4) is 0 Å². The molecule has 0 aliphatic heterocycles. The first-order valence-corrected chi connectivity index (χ1v) is 4.11. The molecule has 0 saturated carbocycles. The van der Waals surface area contributed by atoms with Crippen LogP contribution < -0.4 is 0 Å². The van der Waals surface area contributed by atoms with E-state index in [9.17, 15) is 8.78 Å². The number of aromatic nitrogens is 1. The Morgan fingerprint density at radius 3 is 2.33 bits per heavy atom. The van der Waals surface area contributed by atoms with E-state index >= 15 is 0 Å². The minimum atomic E-state index is -1.03. The van der Waals surface area contributed by atoms with Gasteiger partial charge in [0, 0.05) is 0 Å². The Balaban J connectivity index is 3.40. The van der Waals surface area contributed by atoms with Crippen molar-refractivity contribution < 1.29 is 8.78 Å². The largest absolute Gasteiger partial charge is 0.221 e. The van der Waals surface area contributed by atoms with Crippen LogP contribution in [0.5, 0.6) is 0 Å². The van der Waals surface area contributed by atoms with Crippen molar-refractivity contribution in [3.8, 4) is 0 Å². The molecule has 1 rings (SSSR count). The third-order valence-corrected chi connectivity index (χ3v) is 2.20. The van der Waals surface area contributed by atoms with Crippen LogP contribution in [0.2, 0.25) is 10.2 Å². The summed E-state index contributed by atoms with van der Waals surface area (Å²) in [5.41, 5.74) is -0.369. The molecular weight excluding hydrogens is 230 g/mol. The van der Waals surface area contributed by atoms with Crippen molar-refractivity contribution in [2.75, 3.05) is 0 Å². The monoisotopic (exact) mass is 231 g/mol. The van der Waals surface area contributed by atoms with E-state index in [0.29, 0.717) is 0 Å². The Bertz CT molecular complexity index is 316. The van der Waals surface area contributed by atoms with Gasteiger partial charge in [-0.05, 0) is 0 Å². The first-order chi connectivity index (χ1) is 5.57. The second-order valence-electron chi connectivity index (χ2n) is 1.93. The lowest BCUT2D eigenvalue weighted by Gasteiger charge is -2.02. The van der Waals surface area contributed by atoms with Gasteiger partial charge in [0.1, 0.15) is 5.02 Å². The molecular formula is C6H2Cl3F2N. The number of nitrogens with zero attached hydrogens (tertiary/aromatic N) is 1. The molecule has 0 N–H and O–H groups in total. The standard InChI is InChI=1S/C6H2Cl3F2N/c7-1-2-4(10)3(8)5(9)12-6(2)11/h1H2. The molecule has 0 spiro atoms. The lowest BCUT2D eigenvalue weighted by Crippen LogP contribution is -1.98. The summed E-state index contributed by atoms with van der Waals surface area (Å²) < 4.78 is 25.7. The fraction of sp³-hybridized carbons (Fsp3) is 0.167. The summed E-state index contributed by atoms with van der Waals surface area (Å²) in [6, 6.07) is 0. The molecule has 0 aliphatic carbocycles. The molecule has 0 fully saturated rings. The average Bonchev–Trinajstić information content (AvgIpc) is 2.01. The average molecular weight is 232 g/mol. The van der Waals surface area contributed by atoms with Crippen molar-refractivity contribution in [3.63, 3.8) is 0 Å². The number of hydrogen-bond donors (Lipinski definition) is 0. The third-order valence-electron chi connectivity index (χ3n) is 1.22. The predicted octanol–water partition coefficient (Wildman–Crippen LogP) is 3.41. The molecule has 1 heterocycles. The summed E-state index contributed by atoms with van der Waals surface area (Å²) in [5.74, 6) is -2.32. The van der Waals surface area contributed by atoms with Crippen molar-refractivity contribution >= 4 is 34.8 Å². The minimum Gasteiger partial charge on any atom is -0.206 e. The highest BCUT2D eigenvalue weighted by Crippen LogP contribution is 2.27. The fourth-order valence-corrected chi connectivity index (χ4v) is 1.17. The van der Waals surface area contributed by atoms with Crippen LogP contribution in [-0.4, -0.2) is 4.98 Å². The van der Waals surface area contributed by atoms with E-state index < -0.39 is 21.9 Å². The third kappa shape index (κ3) is 1.63. The Morgan fingerprint density at radius 1 is 1.25 bits per heavy atom. The van der Waals surface area contributed by atoms with Gasteiger partial charge in [-0.3, -0.25) is 0 Å². The van der Waals surface area contributed by atoms with E-state index in [1.54, 1.807) is 0 Å². The van der Waals surface area contributed by atoms with E-state index in [2.05, 4.69) is 4.98 Å². The van der Waals surface area contributed by atoms with Gasteiger partial charge in [0.15, 0.2) is 11.0 Å². The maximum Gasteiger partial charge on any atom is 0.221 e. The van der Waals surface area contributed by atoms with Crippen LogP contribution >= 0.6 is 34.8 Å². The molecule has 0 saturated heterocycles. The molecule has 0 aliphatic rings. The van der Waals surface area contributed by atoms with Crippen LogP contribution in [0.25, 0.3) is 0 Å². The van der Waals surface area contributed by atoms with Crippen LogP contribution in [0, 0.1) is 11.8 Å². The Hall–Kier alpha value is -0.120. The summed E-state index contributed by atoms with van der Waals surface area (Å²) in [6.45, 7) is 0. The molecule has 12 heavy (non-hydrogen) atoms. The van der Waals surface area contributed by atoms with Crippen molar-refractivity contribution in [3.05, 3.63) is 27.5 Å². The molecule has 0 bridgehead atoms. The zero-order chi connectivity index (χ0) is 9.30. The Labute approximate surface area is 82.3 Å².